The summed E-state index contributed by atoms with van der Waals surface area (Å²) in [5.41, 5.74) is 0.628. The van der Waals surface area contributed by atoms with Gasteiger partial charge in [-0.1, -0.05) is 0 Å². The van der Waals surface area contributed by atoms with E-state index in [0.29, 0.717) is 10.3 Å². The fourth-order valence-electron chi connectivity index (χ4n) is 0.729. The molecule has 1 amide bonds. The minimum atomic E-state index is -0.245. The normalized spacial score (nSPS) is 9.92. The highest BCUT2D eigenvalue weighted by molar-refractivity contribution is 9.10. The molecule has 1 heterocycles. The van der Waals surface area contributed by atoms with Gasteiger partial charge in [0.15, 0.2) is 4.60 Å². The number of aryl methyl sites for hydroxylation is 1. The van der Waals surface area contributed by atoms with Crippen LogP contribution in [0.2, 0.25) is 0 Å². The van der Waals surface area contributed by atoms with Crippen LogP contribution in [0.3, 0.4) is 0 Å². The molecule has 6 heteroatoms. The first-order chi connectivity index (χ1) is 5.63. The van der Waals surface area contributed by atoms with Crippen LogP contribution in [0.1, 0.15) is 0 Å². The molecule has 0 unspecified atom stereocenters. The molecule has 12 heavy (non-hydrogen) atoms. The zero-order valence-electron chi connectivity index (χ0n) is 6.34. The number of halogens is 2. The highest BCUT2D eigenvalue weighted by atomic mass is 79.9. The van der Waals surface area contributed by atoms with E-state index in [9.17, 15) is 4.79 Å². The van der Waals surface area contributed by atoms with E-state index in [4.69, 9.17) is 11.6 Å². The van der Waals surface area contributed by atoms with Gasteiger partial charge in [0.25, 0.3) is 0 Å². The van der Waals surface area contributed by atoms with E-state index in [0.717, 1.165) is 0 Å². The quantitative estimate of drug-likeness (QED) is 0.808. The summed E-state index contributed by atoms with van der Waals surface area (Å²) in [6.07, 6.45) is 1.69. The summed E-state index contributed by atoms with van der Waals surface area (Å²) < 4.78 is 2.19. The number of carbonyl (C=O) groups is 1. The van der Waals surface area contributed by atoms with E-state index in [-0.39, 0.29) is 11.8 Å². The maximum atomic E-state index is 10.8. The van der Waals surface area contributed by atoms with Gasteiger partial charge in [0.2, 0.25) is 5.91 Å². The molecule has 4 nitrogen and oxygen atoms in total. The predicted octanol–water partition coefficient (Wildman–Crippen LogP) is 1.36. The number of alkyl halides is 1. The molecule has 0 aromatic carbocycles. The number of carbonyl (C=O) groups excluding carboxylic acids is 1. The number of aromatic nitrogens is 2. The van der Waals surface area contributed by atoms with Gasteiger partial charge in [-0.05, 0) is 15.9 Å². The van der Waals surface area contributed by atoms with Gasteiger partial charge in [0, 0.05) is 13.2 Å². The molecule has 0 saturated carbocycles. The van der Waals surface area contributed by atoms with Crippen LogP contribution in [0.25, 0.3) is 0 Å². The molecule has 0 atom stereocenters. The molecule has 1 aromatic heterocycles. The SMILES string of the molecule is Cn1cc(NC(=O)CCl)c(Br)n1. The maximum Gasteiger partial charge on any atom is 0.239 e. The van der Waals surface area contributed by atoms with Gasteiger partial charge in [0.05, 0.1) is 5.69 Å². The van der Waals surface area contributed by atoms with Gasteiger partial charge >= 0.3 is 0 Å². The van der Waals surface area contributed by atoms with Crippen LogP contribution >= 0.6 is 27.5 Å². The lowest BCUT2D eigenvalue weighted by atomic mass is 10.5. The standard InChI is InChI=1S/C6H7BrClN3O/c1-11-3-4(6(7)10-11)9-5(12)2-8/h3H,2H2,1H3,(H,9,12). The van der Waals surface area contributed by atoms with Crippen molar-refractivity contribution >= 4 is 39.1 Å². The second kappa shape index (κ2) is 3.91. The van der Waals surface area contributed by atoms with Gasteiger partial charge in [-0.3, -0.25) is 9.48 Å². The fourth-order valence-corrected chi connectivity index (χ4v) is 1.25. The van der Waals surface area contributed by atoms with Crippen molar-refractivity contribution in [2.24, 2.45) is 7.05 Å². The topological polar surface area (TPSA) is 46.9 Å². The van der Waals surface area contributed by atoms with Crippen LogP contribution in [-0.4, -0.2) is 21.6 Å². The number of anilines is 1. The molecule has 0 fully saturated rings. The highest BCUT2D eigenvalue weighted by Gasteiger charge is 2.06. The third-order valence-electron chi connectivity index (χ3n) is 1.18. The summed E-state index contributed by atoms with van der Waals surface area (Å²) in [6.45, 7) is 0. The Bertz CT molecular complexity index is 299. The third-order valence-corrected chi connectivity index (χ3v) is 2.01. The van der Waals surface area contributed by atoms with Crippen molar-refractivity contribution in [2.45, 2.75) is 0 Å². The molecule has 66 valence electrons. The zero-order valence-corrected chi connectivity index (χ0v) is 8.68. The summed E-state index contributed by atoms with van der Waals surface area (Å²) in [7, 11) is 1.76. The van der Waals surface area contributed by atoms with Crippen molar-refractivity contribution < 1.29 is 4.79 Å². The van der Waals surface area contributed by atoms with Crippen LogP contribution in [0.4, 0.5) is 5.69 Å². The van der Waals surface area contributed by atoms with Crippen molar-refractivity contribution in [3.8, 4) is 0 Å². The number of rotatable bonds is 2. The third kappa shape index (κ3) is 2.22. The van der Waals surface area contributed by atoms with Crippen molar-refractivity contribution in [3.63, 3.8) is 0 Å². The summed E-state index contributed by atoms with van der Waals surface area (Å²) in [6, 6.07) is 0. The van der Waals surface area contributed by atoms with Crippen LogP contribution in [0, 0.1) is 0 Å². The second-order valence-corrected chi connectivity index (χ2v) is 3.21. The van der Waals surface area contributed by atoms with E-state index in [1.165, 1.54) is 0 Å². The smallest absolute Gasteiger partial charge is 0.239 e. The molecular formula is C6H7BrClN3O. The van der Waals surface area contributed by atoms with Crippen molar-refractivity contribution in [1.82, 2.24) is 9.78 Å². The molecule has 0 spiro atoms. The predicted molar refractivity (Wildman–Crippen MR) is 50.3 cm³/mol. The van der Waals surface area contributed by atoms with Crippen LogP contribution < -0.4 is 5.32 Å². The largest absolute Gasteiger partial charge is 0.321 e. The number of nitrogens with one attached hydrogen (secondary N) is 1. The summed E-state index contributed by atoms with van der Waals surface area (Å²) in [4.78, 5) is 10.8. The molecule has 1 rings (SSSR count). The van der Waals surface area contributed by atoms with E-state index >= 15 is 0 Å². The van der Waals surface area contributed by atoms with E-state index < -0.39 is 0 Å². The molecule has 1 N–H and O–H groups in total. The zero-order chi connectivity index (χ0) is 9.14. The first-order valence-electron chi connectivity index (χ1n) is 3.18. The molecule has 0 saturated heterocycles. The number of nitrogens with zero attached hydrogens (tertiary/aromatic N) is 2. The van der Waals surface area contributed by atoms with E-state index in [2.05, 4.69) is 26.3 Å². The van der Waals surface area contributed by atoms with Crippen molar-refractivity contribution in [3.05, 3.63) is 10.8 Å². The average Bonchev–Trinajstić information content (AvgIpc) is 2.30. The Balaban J connectivity index is 2.75. The minimum Gasteiger partial charge on any atom is -0.321 e. The summed E-state index contributed by atoms with van der Waals surface area (Å²) in [5, 5.41) is 6.55. The number of hydrogen-bond donors (Lipinski definition) is 1. The van der Waals surface area contributed by atoms with E-state index in [1.807, 2.05) is 0 Å². The first-order valence-corrected chi connectivity index (χ1v) is 4.51. The monoisotopic (exact) mass is 251 g/mol. The molecule has 0 aliphatic rings. The Kier molecular flexibility index (Phi) is 3.11. The average molecular weight is 252 g/mol. The first kappa shape index (κ1) is 9.54. The Morgan fingerprint density at radius 3 is 3.00 bits per heavy atom. The molecule has 1 aromatic rings. The fraction of sp³-hybridized carbons (Fsp3) is 0.333. The molecule has 0 aliphatic heterocycles. The van der Waals surface area contributed by atoms with Crippen molar-refractivity contribution in [1.29, 1.82) is 0 Å². The van der Waals surface area contributed by atoms with Gasteiger partial charge in [-0.15, -0.1) is 11.6 Å². The summed E-state index contributed by atoms with van der Waals surface area (Å²) in [5.74, 6) is -0.299. The minimum absolute atomic E-state index is 0.0542. The molecule has 0 bridgehead atoms. The number of amides is 1. The lowest BCUT2D eigenvalue weighted by Crippen LogP contribution is -2.12. The Labute approximate surface area is 83.0 Å². The molecule has 0 aliphatic carbocycles. The Morgan fingerprint density at radius 2 is 2.58 bits per heavy atom. The maximum absolute atomic E-state index is 10.8. The lowest BCUT2D eigenvalue weighted by Gasteiger charge is -1.97. The Morgan fingerprint density at radius 1 is 1.92 bits per heavy atom. The molecule has 0 radical (unpaired) electrons. The highest BCUT2D eigenvalue weighted by Crippen LogP contribution is 2.18. The van der Waals surface area contributed by atoms with E-state index in [1.54, 1.807) is 17.9 Å². The van der Waals surface area contributed by atoms with Gasteiger partial charge in [-0.25, -0.2) is 0 Å². The van der Waals surface area contributed by atoms with Gasteiger partial charge < -0.3 is 5.32 Å². The van der Waals surface area contributed by atoms with Crippen LogP contribution in [-0.2, 0) is 11.8 Å². The second-order valence-electron chi connectivity index (χ2n) is 2.19. The van der Waals surface area contributed by atoms with Gasteiger partial charge in [-0.2, -0.15) is 5.10 Å². The lowest BCUT2D eigenvalue weighted by molar-refractivity contribution is -0.113. The Hall–Kier alpha value is -0.550. The van der Waals surface area contributed by atoms with Crippen LogP contribution in [0.5, 0.6) is 0 Å². The summed E-state index contributed by atoms with van der Waals surface area (Å²) >= 11 is 8.49. The van der Waals surface area contributed by atoms with Crippen molar-refractivity contribution in [2.75, 3.05) is 11.2 Å². The molecular weight excluding hydrogens is 245 g/mol. The van der Waals surface area contributed by atoms with Crippen LogP contribution in [0.15, 0.2) is 10.8 Å². The van der Waals surface area contributed by atoms with Gasteiger partial charge in [0.1, 0.15) is 5.88 Å². The number of hydrogen-bond acceptors (Lipinski definition) is 2.